The molecular weight excluding hydrogens is 338 g/mol. The van der Waals surface area contributed by atoms with Gasteiger partial charge in [-0.3, -0.25) is 4.79 Å². The molecule has 0 aromatic heterocycles. The maximum Gasteiger partial charge on any atom is 0.251 e. The van der Waals surface area contributed by atoms with E-state index < -0.39 is 10.0 Å². The summed E-state index contributed by atoms with van der Waals surface area (Å²) in [6, 6.07) is 4.99. The van der Waals surface area contributed by atoms with E-state index in [4.69, 9.17) is 0 Å². The number of rotatable bonds is 9. The highest BCUT2D eigenvalue weighted by Gasteiger charge is 2.25. The second kappa shape index (κ2) is 9.20. The van der Waals surface area contributed by atoms with E-state index in [9.17, 15) is 13.2 Å². The summed E-state index contributed by atoms with van der Waals surface area (Å²) < 4.78 is 28.1. The van der Waals surface area contributed by atoms with Crippen molar-refractivity contribution in [2.45, 2.75) is 50.8 Å². The molecule has 1 aromatic carbocycles. The second-order valence-electron chi connectivity index (χ2n) is 6.38. The van der Waals surface area contributed by atoms with Crippen molar-refractivity contribution in [3.63, 3.8) is 0 Å². The van der Waals surface area contributed by atoms with E-state index in [1.165, 1.54) is 6.07 Å². The van der Waals surface area contributed by atoms with Crippen LogP contribution in [0.5, 0.6) is 0 Å². The number of hydrogen-bond donors (Lipinski definition) is 2. The van der Waals surface area contributed by atoms with Gasteiger partial charge in [0.05, 0.1) is 5.69 Å². The van der Waals surface area contributed by atoms with E-state index in [1.54, 1.807) is 12.1 Å². The average molecular weight is 368 g/mol. The van der Waals surface area contributed by atoms with Gasteiger partial charge in [-0.2, -0.15) is 0 Å². The highest BCUT2D eigenvalue weighted by molar-refractivity contribution is 7.89. The lowest BCUT2D eigenvalue weighted by Gasteiger charge is -2.22. The molecule has 0 spiro atoms. The Morgan fingerprint density at radius 3 is 2.48 bits per heavy atom. The number of anilines is 1. The van der Waals surface area contributed by atoms with E-state index in [2.05, 4.69) is 21.9 Å². The molecule has 0 saturated carbocycles. The average Bonchev–Trinajstić information content (AvgIpc) is 3.14. The lowest BCUT2D eigenvalue weighted by molar-refractivity contribution is 0.0953. The van der Waals surface area contributed by atoms with Crippen LogP contribution in [-0.4, -0.2) is 40.5 Å². The van der Waals surface area contributed by atoms with Crippen LogP contribution in [0.15, 0.2) is 23.1 Å². The zero-order valence-electron chi connectivity index (χ0n) is 15.2. The molecule has 1 fully saturated rings. The van der Waals surface area contributed by atoms with E-state index in [-0.39, 0.29) is 10.8 Å². The summed E-state index contributed by atoms with van der Waals surface area (Å²) in [6.07, 6.45) is 4.73. The molecule has 140 valence electrons. The molecule has 1 amide bonds. The minimum absolute atomic E-state index is 0.200. The van der Waals surface area contributed by atoms with Gasteiger partial charge in [-0.05, 0) is 43.9 Å². The molecule has 1 saturated heterocycles. The van der Waals surface area contributed by atoms with E-state index in [0.29, 0.717) is 24.3 Å². The van der Waals surface area contributed by atoms with Crippen LogP contribution in [0.4, 0.5) is 5.69 Å². The van der Waals surface area contributed by atoms with Crippen molar-refractivity contribution in [2.75, 3.05) is 31.1 Å². The molecule has 1 aromatic rings. The Morgan fingerprint density at radius 2 is 1.84 bits per heavy atom. The van der Waals surface area contributed by atoms with E-state index >= 15 is 0 Å². The van der Waals surface area contributed by atoms with Gasteiger partial charge in [-0.15, -0.1) is 0 Å². The van der Waals surface area contributed by atoms with Gasteiger partial charge in [0.2, 0.25) is 10.0 Å². The molecule has 25 heavy (non-hydrogen) atoms. The van der Waals surface area contributed by atoms with Crippen LogP contribution in [0.3, 0.4) is 0 Å². The summed E-state index contributed by atoms with van der Waals surface area (Å²) in [5.74, 6) is -0.228. The van der Waals surface area contributed by atoms with Gasteiger partial charge in [0.1, 0.15) is 4.90 Å². The summed E-state index contributed by atoms with van der Waals surface area (Å²) in [5, 5.41) is 2.84. The fourth-order valence-electron chi connectivity index (χ4n) is 2.88. The van der Waals surface area contributed by atoms with Crippen LogP contribution in [0.2, 0.25) is 0 Å². The Hall–Kier alpha value is -1.60. The molecule has 0 atom stereocenters. The molecule has 0 bridgehead atoms. The number of benzene rings is 1. The molecule has 2 N–H and O–H groups in total. The fraction of sp³-hybridized carbons (Fsp3) is 0.611. The molecule has 7 heteroatoms. The second-order valence-corrected chi connectivity index (χ2v) is 8.12. The Bertz CT molecular complexity index is 683. The van der Waals surface area contributed by atoms with E-state index in [0.717, 1.165) is 45.2 Å². The minimum atomic E-state index is -3.64. The normalized spacial score (nSPS) is 14.7. The molecule has 1 heterocycles. The number of amides is 1. The van der Waals surface area contributed by atoms with Gasteiger partial charge in [0, 0.05) is 31.7 Å². The molecule has 6 nitrogen and oxygen atoms in total. The van der Waals surface area contributed by atoms with Crippen molar-refractivity contribution < 1.29 is 13.2 Å². The van der Waals surface area contributed by atoms with Gasteiger partial charge >= 0.3 is 0 Å². The van der Waals surface area contributed by atoms with Crippen LogP contribution in [0.25, 0.3) is 0 Å². The third kappa shape index (κ3) is 5.19. The lowest BCUT2D eigenvalue weighted by Crippen LogP contribution is -2.29. The zero-order chi connectivity index (χ0) is 18.3. The Balaban J connectivity index is 2.33. The lowest BCUT2D eigenvalue weighted by atomic mass is 10.1. The quantitative estimate of drug-likeness (QED) is 0.657. The first-order chi connectivity index (χ1) is 12.0. The third-order valence-corrected chi connectivity index (χ3v) is 5.81. The Morgan fingerprint density at radius 1 is 1.12 bits per heavy atom. The van der Waals surface area contributed by atoms with Gasteiger partial charge in [-0.1, -0.05) is 20.3 Å². The standard InChI is InChI=1S/C18H29N3O3S/c1-3-5-11-19-18(22)15-8-9-16(21-12-6-7-13-21)17(14-15)25(23,24)20-10-4-2/h8-9,14,20H,3-7,10-13H2,1-2H3,(H,19,22). The van der Waals surface area contributed by atoms with Crippen LogP contribution < -0.4 is 14.9 Å². The topological polar surface area (TPSA) is 78.5 Å². The molecule has 0 unspecified atom stereocenters. The SMILES string of the molecule is CCCCNC(=O)c1ccc(N2CCCC2)c(S(=O)(=O)NCCC)c1. The van der Waals surface area contributed by atoms with Gasteiger partial charge in [0.15, 0.2) is 0 Å². The molecule has 1 aliphatic rings. The van der Waals surface area contributed by atoms with Crippen LogP contribution in [0, 0.1) is 0 Å². The fourth-order valence-corrected chi connectivity index (χ4v) is 4.27. The molecule has 0 radical (unpaired) electrons. The summed E-state index contributed by atoms with van der Waals surface area (Å²) in [4.78, 5) is 14.6. The first-order valence-electron chi connectivity index (χ1n) is 9.16. The van der Waals surface area contributed by atoms with E-state index in [1.807, 2.05) is 6.92 Å². The minimum Gasteiger partial charge on any atom is -0.370 e. The van der Waals surface area contributed by atoms with Crippen molar-refractivity contribution in [1.29, 1.82) is 0 Å². The highest BCUT2D eigenvalue weighted by atomic mass is 32.2. The first-order valence-corrected chi connectivity index (χ1v) is 10.6. The number of unbranched alkanes of at least 4 members (excludes halogenated alkanes) is 1. The van der Waals surface area contributed by atoms with Crippen LogP contribution in [-0.2, 0) is 10.0 Å². The highest BCUT2D eigenvalue weighted by Crippen LogP contribution is 2.29. The van der Waals surface area contributed by atoms with Crippen molar-refractivity contribution >= 4 is 21.6 Å². The summed E-state index contributed by atoms with van der Waals surface area (Å²) in [7, 11) is -3.64. The third-order valence-electron chi connectivity index (χ3n) is 4.32. The molecule has 1 aliphatic heterocycles. The number of carbonyl (C=O) groups is 1. The Labute approximate surface area is 151 Å². The first kappa shape index (κ1) is 19.7. The molecule has 2 rings (SSSR count). The number of nitrogens with one attached hydrogen (secondary N) is 2. The maximum atomic E-state index is 12.7. The summed E-state index contributed by atoms with van der Waals surface area (Å²) in [5.41, 5.74) is 1.07. The number of hydrogen-bond acceptors (Lipinski definition) is 4. The summed E-state index contributed by atoms with van der Waals surface area (Å²) >= 11 is 0. The summed E-state index contributed by atoms with van der Waals surface area (Å²) in [6.45, 7) is 6.65. The van der Waals surface area contributed by atoms with Crippen molar-refractivity contribution in [3.05, 3.63) is 23.8 Å². The number of carbonyl (C=O) groups excluding carboxylic acids is 1. The maximum absolute atomic E-state index is 12.7. The zero-order valence-corrected chi connectivity index (χ0v) is 16.0. The monoisotopic (exact) mass is 367 g/mol. The molecule has 0 aliphatic carbocycles. The van der Waals surface area contributed by atoms with Crippen LogP contribution in [0.1, 0.15) is 56.3 Å². The predicted octanol–water partition coefficient (Wildman–Crippen LogP) is 2.51. The molecular formula is C18H29N3O3S. The number of nitrogens with zero attached hydrogens (tertiary/aromatic N) is 1. The smallest absolute Gasteiger partial charge is 0.251 e. The van der Waals surface area contributed by atoms with Gasteiger partial charge < -0.3 is 10.2 Å². The van der Waals surface area contributed by atoms with Crippen molar-refractivity contribution in [1.82, 2.24) is 10.0 Å². The Kier molecular flexibility index (Phi) is 7.25. The van der Waals surface area contributed by atoms with Gasteiger partial charge in [0.25, 0.3) is 5.91 Å². The van der Waals surface area contributed by atoms with Gasteiger partial charge in [-0.25, -0.2) is 13.1 Å². The van der Waals surface area contributed by atoms with Crippen molar-refractivity contribution in [3.8, 4) is 0 Å². The predicted molar refractivity (Wildman–Crippen MR) is 101 cm³/mol. The van der Waals surface area contributed by atoms with Crippen LogP contribution >= 0.6 is 0 Å². The van der Waals surface area contributed by atoms with Crippen molar-refractivity contribution in [2.24, 2.45) is 0 Å². The largest absolute Gasteiger partial charge is 0.370 e. The number of sulfonamides is 1.